The van der Waals surface area contributed by atoms with E-state index in [1.807, 2.05) is 24.6 Å². The van der Waals surface area contributed by atoms with E-state index >= 15 is 0 Å². The summed E-state index contributed by atoms with van der Waals surface area (Å²) < 4.78 is 14.8. The lowest BCUT2D eigenvalue weighted by Gasteiger charge is -2.07. The zero-order valence-corrected chi connectivity index (χ0v) is 15.7. The number of carbonyl (C=O) groups is 1. The zero-order valence-electron chi connectivity index (χ0n) is 15.7. The lowest BCUT2D eigenvalue weighted by atomic mass is 10.1. The van der Waals surface area contributed by atoms with E-state index in [1.54, 1.807) is 18.2 Å². The molecule has 1 aromatic heterocycles. The van der Waals surface area contributed by atoms with Gasteiger partial charge in [0.1, 0.15) is 5.82 Å². The van der Waals surface area contributed by atoms with Crippen molar-refractivity contribution in [2.24, 2.45) is 0 Å². The van der Waals surface area contributed by atoms with Crippen molar-refractivity contribution in [3.05, 3.63) is 88.5 Å². The summed E-state index contributed by atoms with van der Waals surface area (Å²) in [4.78, 5) is 12.3. The molecule has 2 aromatic carbocycles. The number of carbonyl (C=O) groups excluding carboxylic acids is 1. The van der Waals surface area contributed by atoms with Crippen LogP contribution in [0.5, 0.6) is 0 Å². The molecule has 138 valence electrons. The van der Waals surface area contributed by atoms with Crippen LogP contribution in [-0.2, 0) is 11.3 Å². The van der Waals surface area contributed by atoms with Crippen LogP contribution in [-0.4, -0.2) is 15.7 Å². The Hall–Kier alpha value is -3.21. The highest BCUT2D eigenvalue weighted by Gasteiger charge is 2.13. The van der Waals surface area contributed by atoms with Gasteiger partial charge in [0.05, 0.1) is 23.6 Å². The Labute approximate surface area is 158 Å². The second kappa shape index (κ2) is 7.99. The molecule has 0 saturated carbocycles. The number of benzene rings is 2. The number of amides is 1. The minimum absolute atomic E-state index is 0.249. The Bertz CT molecular complexity index is 987. The van der Waals surface area contributed by atoms with E-state index in [2.05, 4.69) is 35.5 Å². The fraction of sp³-hybridized carbons (Fsp3) is 0.182. The Morgan fingerprint density at radius 2 is 1.89 bits per heavy atom. The highest BCUT2D eigenvalue weighted by atomic mass is 19.1. The van der Waals surface area contributed by atoms with Crippen LogP contribution in [0.3, 0.4) is 0 Å². The smallest absolute Gasteiger partial charge is 0.248 e. The van der Waals surface area contributed by atoms with Crippen molar-refractivity contribution in [3.63, 3.8) is 0 Å². The molecule has 1 heterocycles. The van der Waals surface area contributed by atoms with Gasteiger partial charge in [-0.25, -0.2) is 4.39 Å². The fourth-order valence-electron chi connectivity index (χ4n) is 2.93. The van der Waals surface area contributed by atoms with Gasteiger partial charge in [-0.05, 0) is 50.1 Å². The van der Waals surface area contributed by atoms with Crippen molar-refractivity contribution in [2.45, 2.75) is 27.3 Å². The molecule has 3 rings (SSSR count). The van der Waals surface area contributed by atoms with Gasteiger partial charge in [0.2, 0.25) is 5.91 Å². The maximum Gasteiger partial charge on any atom is 0.248 e. The molecule has 0 saturated heterocycles. The largest absolute Gasteiger partial charge is 0.319 e. The molecule has 3 aromatic rings. The van der Waals surface area contributed by atoms with Gasteiger partial charge >= 0.3 is 0 Å². The summed E-state index contributed by atoms with van der Waals surface area (Å²) in [5.41, 5.74) is 5.51. The highest BCUT2D eigenvalue weighted by Crippen LogP contribution is 2.21. The molecule has 0 atom stereocenters. The maximum absolute atomic E-state index is 12.9. The topological polar surface area (TPSA) is 46.9 Å². The summed E-state index contributed by atoms with van der Waals surface area (Å²) in [6.07, 6.45) is 3.08. The molecule has 4 nitrogen and oxygen atoms in total. The molecule has 0 spiro atoms. The number of aryl methyl sites for hydroxylation is 2. The van der Waals surface area contributed by atoms with Crippen LogP contribution < -0.4 is 5.32 Å². The third-order valence-corrected chi connectivity index (χ3v) is 4.34. The van der Waals surface area contributed by atoms with E-state index in [9.17, 15) is 9.18 Å². The van der Waals surface area contributed by atoms with Gasteiger partial charge in [0.25, 0.3) is 0 Å². The van der Waals surface area contributed by atoms with E-state index in [0.29, 0.717) is 6.54 Å². The average molecular weight is 363 g/mol. The molecule has 0 aliphatic carbocycles. The van der Waals surface area contributed by atoms with Crippen LogP contribution in [0.1, 0.15) is 28.1 Å². The molecule has 1 amide bonds. The Balaban J connectivity index is 1.72. The summed E-state index contributed by atoms with van der Waals surface area (Å²) in [6.45, 7) is 6.52. The monoisotopic (exact) mass is 363 g/mol. The van der Waals surface area contributed by atoms with E-state index < -0.39 is 0 Å². The molecule has 0 radical (unpaired) electrons. The highest BCUT2D eigenvalue weighted by molar-refractivity contribution is 6.02. The number of hydrogen-bond acceptors (Lipinski definition) is 2. The third-order valence-electron chi connectivity index (χ3n) is 4.34. The number of hydrogen-bond donors (Lipinski definition) is 1. The third kappa shape index (κ3) is 4.70. The number of rotatable bonds is 5. The van der Waals surface area contributed by atoms with Crippen LogP contribution in [0.2, 0.25) is 0 Å². The van der Waals surface area contributed by atoms with E-state index in [-0.39, 0.29) is 11.7 Å². The quantitative estimate of drug-likeness (QED) is 0.671. The summed E-state index contributed by atoms with van der Waals surface area (Å²) in [5, 5.41) is 7.45. The molecule has 0 unspecified atom stereocenters. The molecular formula is C22H22FN3O. The van der Waals surface area contributed by atoms with Gasteiger partial charge in [0.15, 0.2) is 0 Å². The molecule has 5 heteroatoms. The molecule has 0 aliphatic heterocycles. The van der Waals surface area contributed by atoms with Crippen LogP contribution in [0.15, 0.2) is 54.6 Å². The Kier molecular flexibility index (Phi) is 5.50. The number of halogens is 1. The second-order valence-corrected chi connectivity index (χ2v) is 6.57. The van der Waals surface area contributed by atoms with Crippen molar-refractivity contribution in [1.82, 2.24) is 9.78 Å². The van der Waals surface area contributed by atoms with Crippen LogP contribution in [0.25, 0.3) is 6.08 Å². The zero-order chi connectivity index (χ0) is 19.4. The van der Waals surface area contributed by atoms with Crippen molar-refractivity contribution >= 4 is 17.7 Å². The fourth-order valence-corrected chi connectivity index (χ4v) is 2.93. The van der Waals surface area contributed by atoms with Gasteiger partial charge in [-0.15, -0.1) is 0 Å². The van der Waals surface area contributed by atoms with Crippen molar-refractivity contribution in [3.8, 4) is 0 Å². The van der Waals surface area contributed by atoms with E-state index in [0.717, 1.165) is 28.2 Å². The number of aromatic nitrogens is 2. The molecule has 0 aliphatic rings. The first kappa shape index (κ1) is 18.6. The van der Waals surface area contributed by atoms with E-state index in [1.165, 1.54) is 23.8 Å². The minimum atomic E-state index is -0.302. The standard InChI is InChI=1S/C22H22FN3O/c1-15-5-4-6-19(13-15)14-26-17(3)22(16(2)25-26)24-21(27)12-9-18-7-10-20(23)11-8-18/h4-13H,14H2,1-3H3,(H,24,27)/b12-9+. The lowest BCUT2D eigenvalue weighted by Crippen LogP contribution is -2.10. The Morgan fingerprint density at radius 1 is 1.15 bits per heavy atom. The van der Waals surface area contributed by atoms with Gasteiger partial charge in [-0.3, -0.25) is 9.48 Å². The maximum atomic E-state index is 12.9. The first-order valence-corrected chi connectivity index (χ1v) is 8.76. The lowest BCUT2D eigenvalue weighted by molar-refractivity contribution is -0.111. The van der Waals surface area contributed by atoms with Crippen molar-refractivity contribution in [2.75, 3.05) is 5.32 Å². The summed E-state index contributed by atoms with van der Waals surface area (Å²) in [6, 6.07) is 14.2. The summed E-state index contributed by atoms with van der Waals surface area (Å²) >= 11 is 0. The first-order valence-electron chi connectivity index (χ1n) is 8.76. The van der Waals surface area contributed by atoms with Crippen LogP contribution in [0.4, 0.5) is 10.1 Å². The van der Waals surface area contributed by atoms with Gasteiger partial charge < -0.3 is 5.32 Å². The van der Waals surface area contributed by atoms with Crippen LogP contribution >= 0.6 is 0 Å². The molecule has 0 bridgehead atoms. The number of nitrogens with zero attached hydrogens (tertiary/aromatic N) is 2. The predicted octanol–water partition coefficient (Wildman–Crippen LogP) is 4.65. The van der Waals surface area contributed by atoms with Gasteiger partial charge in [0, 0.05) is 6.08 Å². The SMILES string of the molecule is Cc1cccc(Cn2nc(C)c(NC(=O)/C=C/c3ccc(F)cc3)c2C)c1. The van der Waals surface area contributed by atoms with E-state index in [4.69, 9.17) is 0 Å². The molecule has 27 heavy (non-hydrogen) atoms. The van der Waals surface area contributed by atoms with Crippen molar-refractivity contribution < 1.29 is 9.18 Å². The number of anilines is 1. The predicted molar refractivity (Wildman–Crippen MR) is 106 cm³/mol. The number of nitrogens with one attached hydrogen (secondary N) is 1. The van der Waals surface area contributed by atoms with Gasteiger partial charge in [-0.1, -0.05) is 42.0 Å². The molecule has 0 fully saturated rings. The molecule has 1 N–H and O–H groups in total. The summed E-state index contributed by atoms with van der Waals surface area (Å²) in [7, 11) is 0. The normalized spacial score (nSPS) is 11.1. The Morgan fingerprint density at radius 3 is 2.59 bits per heavy atom. The van der Waals surface area contributed by atoms with Gasteiger partial charge in [-0.2, -0.15) is 5.10 Å². The summed E-state index contributed by atoms with van der Waals surface area (Å²) in [5.74, 6) is -0.551. The van der Waals surface area contributed by atoms with Crippen LogP contribution in [0, 0.1) is 26.6 Å². The van der Waals surface area contributed by atoms with Crippen molar-refractivity contribution in [1.29, 1.82) is 0 Å². The average Bonchev–Trinajstić information content (AvgIpc) is 2.89. The first-order chi connectivity index (χ1) is 12.9. The molecular weight excluding hydrogens is 341 g/mol. The minimum Gasteiger partial charge on any atom is -0.319 e. The second-order valence-electron chi connectivity index (χ2n) is 6.57.